The van der Waals surface area contributed by atoms with Crippen molar-refractivity contribution in [3.05, 3.63) is 35.4 Å². The van der Waals surface area contributed by atoms with Crippen molar-refractivity contribution < 1.29 is 4.79 Å². The average molecular weight is 289 g/mol. The SMILES string of the molecule is CC(C)[C@H](N)C(=O)NCc1ccc(CN2CCCC2)cc1. The van der Waals surface area contributed by atoms with Crippen molar-refractivity contribution in [2.45, 2.75) is 45.8 Å². The molecule has 2 rings (SSSR count). The molecule has 1 amide bonds. The van der Waals surface area contributed by atoms with Crippen molar-refractivity contribution in [1.29, 1.82) is 0 Å². The number of nitrogens with two attached hydrogens (primary N) is 1. The summed E-state index contributed by atoms with van der Waals surface area (Å²) in [5.74, 6) is 0.0824. The van der Waals surface area contributed by atoms with Crippen LogP contribution in [0.3, 0.4) is 0 Å². The van der Waals surface area contributed by atoms with E-state index in [0.29, 0.717) is 6.54 Å². The second kappa shape index (κ2) is 7.57. The smallest absolute Gasteiger partial charge is 0.237 e. The molecular weight excluding hydrogens is 262 g/mol. The van der Waals surface area contributed by atoms with E-state index in [1.54, 1.807) is 0 Å². The molecule has 0 unspecified atom stereocenters. The van der Waals surface area contributed by atoms with Crippen LogP contribution in [0.4, 0.5) is 0 Å². The summed E-state index contributed by atoms with van der Waals surface area (Å²) in [6, 6.07) is 8.06. The molecule has 4 heteroatoms. The predicted octanol–water partition coefficient (Wildman–Crippen LogP) is 1.88. The first-order chi connectivity index (χ1) is 10.1. The Bertz CT molecular complexity index is 450. The van der Waals surface area contributed by atoms with Gasteiger partial charge < -0.3 is 11.1 Å². The maximum Gasteiger partial charge on any atom is 0.237 e. The van der Waals surface area contributed by atoms with Gasteiger partial charge in [-0.2, -0.15) is 0 Å². The van der Waals surface area contributed by atoms with Crippen LogP contribution in [-0.4, -0.2) is 29.9 Å². The molecule has 0 spiro atoms. The fourth-order valence-electron chi connectivity index (χ4n) is 2.57. The Morgan fingerprint density at radius 3 is 2.33 bits per heavy atom. The van der Waals surface area contributed by atoms with Gasteiger partial charge in [-0.1, -0.05) is 38.1 Å². The Hall–Kier alpha value is -1.39. The van der Waals surface area contributed by atoms with Crippen molar-refractivity contribution in [3.8, 4) is 0 Å². The normalized spacial score (nSPS) is 17.1. The molecular formula is C17H27N3O. The van der Waals surface area contributed by atoms with E-state index in [0.717, 1.165) is 12.1 Å². The Labute approximate surface area is 127 Å². The molecule has 1 heterocycles. The van der Waals surface area contributed by atoms with Gasteiger partial charge in [-0.15, -0.1) is 0 Å². The van der Waals surface area contributed by atoms with E-state index in [1.165, 1.54) is 31.5 Å². The van der Waals surface area contributed by atoms with Crippen LogP contribution in [0.1, 0.15) is 37.8 Å². The first-order valence-corrected chi connectivity index (χ1v) is 7.89. The summed E-state index contributed by atoms with van der Waals surface area (Å²) in [5.41, 5.74) is 8.28. The second-order valence-electron chi connectivity index (χ2n) is 6.29. The fourth-order valence-corrected chi connectivity index (χ4v) is 2.57. The third-order valence-corrected chi connectivity index (χ3v) is 4.12. The highest BCUT2D eigenvalue weighted by Crippen LogP contribution is 2.13. The zero-order valence-corrected chi connectivity index (χ0v) is 13.1. The topological polar surface area (TPSA) is 58.4 Å². The third-order valence-electron chi connectivity index (χ3n) is 4.12. The number of benzene rings is 1. The molecule has 1 atom stereocenters. The lowest BCUT2D eigenvalue weighted by molar-refractivity contribution is -0.123. The van der Waals surface area contributed by atoms with Crippen molar-refractivity contribution in [2.75, 3.05) is 13.1 Å². The highest BCUT2D eigenvalue weighted by molar-refractivity contribution is 5.81. The average Bonchev–Trinajstić information content (AvgIpc) is 2.98. The maximum absolute atomic E-state index is 11.8. The largest absolute Gasteiger partial charge is 0.351 e. The van der Waals surface area contributed by atoms with E-state index in [2.05, 4.69) is 34.5 Å². The van der Waals surface area contributed by atoms with Gasteiger partial charge in [0.15, 0.2) is 0 Å². The maximum atomic E-state index is 11.8. The number of rotatable bonds is 6. The summed E-state index contributed by atoms with van der Waals surface area (Å²) in [6.07, 6.45) is 2.64. The van der Waals surface area contributed by atoms with Gasteiger partial charge in [0.2, 0.25) is 5.91 Å². The standard InChI is InChI=1S/C17H27N3O/c1-13(2)16(18)17(21)19-11-14-5-7-15(8-6-14)12-20-9-3-4-10-20/h5-8,13,16H,3-4,9-12,18H2,1-2H3,(H,19,21)/t16-/m0/s1. The van der Waals surface area contributed by atoms with E-state index >= 15 is 0 Å². The van der Waals surface area contributed by atoms with E-state index in [4.69, 9.17) is 5.73 Å². The molecule has 21 heavy (non-hydrogen) atoms. The van der Waals surface area contributed by atoms with E-state index < -0.39 is 6.04 Å². The van der Waals surface area contributed by atoms with Crippen LogP contribution in [0.2, 0.25) is 0 Å². The number of nitrogens with one attached hydrogen (secondary N) is 1. The summed E-state index contributed by atoms with van der Waals surface area (Å²) in [5, 5.41) is 2.90. The minimum absolute atomic E-state index is 0.0776. The summed E-state index contributed by atoms with van der Waals surface area (Å²) in [6.45, 7) is 7.92. The minimum atomic E-state index is -0.431. The van der Waals surface area contributed by atoms with Gasteiger partial charge in [-0.05, 0) is 43.0 Å². The Morgan fingerprint density at radius 1 is 1.19 bits per heavy atom. The lowest BCUT2D eigenvalue weighted by Crippen LogP contribution is -2.43. The number of carbonyl (C=O) groups is 1. The van der Waals surface area contributed by atoms with Crippen LogP contribution in [0.15, 0.2) is 24.3 Å². The highest BCUT2D eigenvalue weighted by Gasteiger charge is 2.16. The van der Waals surface area contributed by atoms with Crippen molar-refractivity contribution in [1.82, 2.24) is 10.2 Å². The molecule has 0 aromatic heterocycles. The molecule has 0 radical (unpaired) electrons. The summed E-state index contributed by atoms with van der Waals surface area (Å²) in [4.78, 5) is 14.3. The molecule has 1 aromatic carbocycles. The molecule has 1 saturated heterocycles. The lowest BCUT2D eigenvalue weighted by atomic mass is 10.0. The molecule has 1 aromatic rings. The monoisotopic (exact) mass is 289 g/mol. The first kappa shape index (κ1) is 16.0. The molecule has 4 nitrogen and oxygen atoms in total. The Morgan fingerprint density at radius 2 is 1.76 bits per heavy atom. The Balaban J connectivity index is 1.80. The van der Waals surface area contributed by atoms with E-state index in [-0.39, 0.29) is 11.8 Å². The minimum Gasteiger partial charge on any atom is -0.351 e. The number of hydrogen-bond acceptors (Lipinski definition) is 3. The zero-order valence-electron chi connectivity index (χ0n) is 13.1. The number of likely N-dealkylation sites (tertiary alicyclic amines) is 1. The molecule has 0 bridgehead atoms. The van der Waals surface area contributed by atoms with Gasteiger partial charge in [0.25, 0.3) is 0 Å². The summed E-state index contributed by atoms with van der Waals surface area (Å²) in [7, 11) is 0. The molecule has 0 aliphatic carbocycles. The zero-order chi connectivity index (χ0) is 15.2. The number of hydrogen-bond donors (Lipinski definition) is 2. The van der Waals surface area contributed by atoms with Gasteiger partial charge >= 0.3 is 0 Å². The van der Waals surface area contributed by atoms with Gasteiger partial charge in [0, 0.05) is 13.1 Å². The third kappa shape index (κ3) is 4.83. The number of carbonyl (C=O) groups excluding carboxylic acids is 1. The van der Waals surface area contributed by atoms with Crippen LogP contribution >= 0.6 is 0 Å². The van der Waals surface area contributed by atoms with E-state index in [9.17, 15) is 4.79 Å². The highest BCUT2D eigenvalue weighted by atomic mass is 16.2. The predicted molar refractivity (Wildman–Crippen MR) is 85.6 cm³/mol. The van der Waals surface area contributed by atoms with Crippen LogP contribution in [0.5, 0.6) is 0 Å². The molecule has 1 aliphatic rings. The molecule has 0 saturated carbocycles. The summed E-state index contributed by atoms with van der Waals surface area (Å²) < 4.78 is 0. The second-order valence-corrected chi connectivity index (χ2v) is 6.29. The van der Waals surface area contributed by atoms with Crippen LogP contribution in [-0.2, 0) is 17.9 Å². The number of amides is 1. The van der Waals surface area contributed by atoms with Crippen molar-refractivity contribution >= 4 is 5.91 Å². The van der Waals surface area contributed by atoms with Gasteiger partial charge in [0.05, 0.1) is 6.04 Å². The van der Waals surface area contributed by atoms with Crippen LogP contribution in [0.25, 0.3) is 0 Å². The van der Waals surface area contributed by atoms with Gasteiger partial charge in [0.1, 0.15) is 0 Å². The first-order valence-electron chi connectivity index (χ1n) is 7.89. The van der Waals surface area contributed by atoms with Crippen molar-refractivity contribution in [3.63, 3.8) is 0 Å². The van der Waals surface area contributed by atoms with Crippen molar-refractivity contribution in [2.24, 2.45) is 11.7 Å². The molecule has 3 N–H and O–H groups in total. The molecule has 116 valence electrons. The Kier molecular flexibility index (Phi) is 5.76. The fraction of sp³-hybridized carbons (Fsp3) is 0.588. The lowest BCUT2D eigenvalue weighted by Gasteiger charge is -2.16. The number of nitrogens with zero attached hydrogens (tertiary/aromatic N) is 1. The summed E-state index contributed by atoms with van der Waals surface area (Å²) >= 11 is 0. The van der Waals surface area contributed by atoms with Gasteiger partial charge in [-0.3, -0.25) is 9.69 Å². The quantitative estimate of drug-likeness (QED) is 0.840. The van der Waals surface area contributed by atoms with Crippen LogP contribution < -0.4 is 11.1 Å². The van der Waals surface area contributed by atoms with Crippen LogP contribution in [0, 0.1) is 5.92 Å². The molecule has 1 aliphatic heterocycles. The molecule has 1 fully saturated rings. The van der Waals surface area contributed by atoms with Gasteiger partial charge in [-0.25, -0.2) is 0 Å². The van der Waals surface area contributed by atoms with E-state index in [1.807, 2.05) is 13.8 Å².